The van der Waals surface area contributed by atoms with Crippen molar-refractivity contribution in [2.24, 2.45) is 7.05 Å². The third kappa shape index (κ3) is 3.78. The highest BCUT2D eigenvalue weighted by molar-refractivity contribution is 5.88. The summed E-state index contributed by atoms with van der Waals surface area (Å²) in [6.07, 6.45) is 4.97. The van der Waals surface area contributed by atoms with Crippen LogP contribution in [0, 0.1) is 0 Å². The lowest BCUT2D eigenvalue weighted by Crippen LogP contribution is -2.40. The Hall–Kier alpha value is -3.42. The maximum Gasteiger partial charge on any atom is 0.335 e. The number of carboxylic acid groups (broad SMARTS) is 1. The number of carbonyl (C=O) groups is 1. The molecule has 0 aliphatic heterocycles. The summed E-state index contributed by atoms with van der Waals surface area (Å²) >= 11 is 0. The Balaban J connectivity index is 2.12. The molecule has 0 aliphatic rings. The first-order chi connectivity index (χ1) is 13.9. The van der Waals surface area contributed by atoms with Crippen molar-refractivity contribution in [3.63, 3.8) is 0 Å². The minimum Gasteiger partial charge on any atom is -0.478 e. The number of aromatic nitrogens is 4. The first-order valence-corrected chi connectivity index (χ1v) is 9.60. The zero-order valence-electron chi connectivity index (χ0n) is 16.8. The number of benzene rings is 1. The predicted octanol–water partition coefficient (Wildman–Crippen LogP) is 2.59. The Bertz CT molecular complexity index is 1200. The van der Waals surface area contributed by atoms with Gasteiger partial charge < -0.3 is 9.67 Å². The Morgan fingerprint density at radius 1 is 1.03 bits per heavy atom. The van der Waals surface area contributed by atoms with Gasteiger partial charge in [-0.2, -0.15) is 0 Å². The average molecular weight is 396 g/mol. The quantitative estimate of drug-likeness (QED) is 0.662. The summed E-state index contributed by atoms with van der Waals surface area (Å²) in [6.45, 7) is 4.74. The van der Waals surface area contributed by atoms with Gasteiger partial charge in [0.2, 0.25) is 0 Å². The lowest BCUT2D eigenvalue weighted by Gasteiger charge is -2.10. The second kappa shape index (κ2) is 8.30. The van der Waals surface area contributed by atoms with Crippen molar-refractivity contribution in [2.75, 3.05) is 0 Å². The van der Waals surface area contributed by atoms with Gasteiger partial charge in [0.25, 0.3) is 5.56 Å². The molecule has 0 unspecified atom stereocenters. The lowest BCUT2D eigenvalue weighted by molar-refractivity contribution is 0.0697. The van der Waals surface area contributed by atoms with Crippen LogP contribution in [-0.4, -0.2) is 29.8 Å². The second-order valence-electron chi connectivity index (χ2n) is 6.85. The van der Waals surface area contributed by atoms with Crippen LogP contribution in [0.15, 0.2) is 33.9 Å². The Kier molecular flexibility index (Phi) is 5.81. The number of hydrogen-bond donors (Lipinski definition) is 1. The van der Waals surface area contributed by atoms with Crippen molar-refractivity contribution in [1.82, 2.24) is 18.7 Å². The molecule has 8 nitrogen and oxygen atoms in total. The Labute approximate surface area is 167 Å². The van der Waals surface area contributed by atoms with Crippen molar-refractivity contribution >= 4 is 29.3 Å². The van der Waals surface area contributed by atoms with E-state index in [1.54, 1.807) is 40.5 Å². The highest BCUT2D eigenvalue weighted by Crippen LogP contribution is 2.14. The van der Waals surface area contributed by atoms with Crippen molar-refractivity contribution in [1.29, 1.82) is 0 Å². The van der Waals surface area contributed by atoms with Crippen LogP contribution in [0.2, 0.25) is 0 Å². The zero-order chi connectivity index (χ0) is 21.1. The van der Waals surface area contributed by atoms with Crippen LogP contribution in [0.1, 0.15) is 48.4 Å². The molecule has 2 heterocycles. The Morgan fingerprint density at radius 2 is 1.66 bits per heavy atom. The van der Waals surface area contributed by atoms with E-state index in [4.69, 9.17) is 5.11 Å². The summed E-state index contributed by atoms with van der Waals surface area (Å²) in [7, 11) is 1.75. The van der Waals surface area contributed by atoms with Crippen molar-refractivity contribution < 1.29 is 9.90 Å². The fraction of sp³-hybridized carbons (Fsp3) is 0.333. The van der Waals surface area contributed by atoms with E-state index in [0.29, 0.717) is 36.5 Å². The average Bonchev–Trinajstić information content (AvgIpc) is 3.03. The SMILES string of the molecule is CCCn1c(=O)c2c(nc(/C=C\c3ccc(C(=O)O)cc3)n2C)n(CCC)c1=O. The molecule has 0 fully saturated rings. The number of imidazole rings is 1. The van der Waals surface area contributed by atoms with Crippen LogP contribution in [-0.2, 0) is 20.1 Å². The molecule has 3 rings (SSSR count). The van der Waals surface area contributed by atoms with E-state index in [1.165, 1.54) is 16.7 Å². The van der Waals surface area contributed by atoms with Gasteiger partial charge in [-0.05, 0) is 36.6 Å². The number of fused-ring (bicyclic) bond motifs is 1. The second-order valence-corrected chi connectivity index (χ2v) is 6.85. The largest absolute Gasteiger partial charge is 0.478 e. The van der Waals surface area contributed by atoms with E-state index in [-0.39, 0.29) is 16.8 Å². The normalized spacial score (nSPS) is 11.6. The first kappa shape index (κ1) is 20.3. The summed E-state index contributed by atoms with van der Waals surface area (Å²) in [5, 5.41) is 8.99. The summed E-state index contributed by atoms with van der Waals surface area (Å²) < 4.78 is 4.53. The molecule has 1 aromatic carbocycles. The fourth-order valence-electron chi connectivity index (χ4n) is 3.28. The number of aromatic carboxylic acids is 1. The molecular formula is C21H24N4O4. The van der Waals surface area contributed by atoms with E-state index in [9.17, 15) is 14.4 Å². The lowest BCUT2D eigenvalue weighted by atomic mass is 10.1. The van der Waals surface area contributed by atoms with E-state index in [0.717, 1.165) is 12.0 Å². The van der Waals surface area contributed by atoms with Crippen LogP contribution in [0.4, 0.5) is 0 Å². The monoisotopic (exact) mass is 396 g/mol. The molecule has 3 aromatic rings. The van der Waals surface area contributed by atoms with Crippen LogP contribution in [0.25, 0.3) is 23.3 Å². The minimum absolute atomic E-state index is 0.213. The summed E-state index contributed by atoms with van der Waals surface area (Å²) in [6, 6.07) is 6.45. The van der Waals surface area contributed by atoms with Gasteiger partial charge in [0.05, 0.1) is 5.56 Å². The molecule has 0 saturated heterocycles. The third-order valence-corrected chi connectivity index (χ3v) is 4.75. The number of rotatable bonds is 7. The van der Waals surface area contributed by atoms with E-state index < -0.39 is 5.97 Å². The molecule has 8 heteroatoms. The van der Waals surface area contributed by atoms with Crippen LogP contribution >= 0.6 is 0 Å². The first-order valence-electron chi connectivity index (χ1n) is 9.60. The zero-order valence-corrected chi connectivity index (χ0v) is 16.8. The highest BCUT2D eigenvalue weighted by Gasteiger charge is 2.18. The molecule has 29 heavy (non-hydrogen) atoms. The van der Waals surface area contributed by atoms with Gasteiger partial charge in [-0.1, -0.05) is 32.1 Å². The topological polar surface area (TPSA) is 99.1 Å². The van der Waals surface area contributed by atoms with Gasteiger partial charge in [-0.3, -0.25) is 13.9 Å². The molecule has 0 amide bonds. The number of hydrogen-bond acceptors (Lipinski definition) is 4. The molecule has 2 aromatic heterocycles. The number of nitrogens with zero attached hydrogens (tertiary/aromatic N) is 4. The molecule has 0 atom stereocenters. The van der Waals surface area contributed by atoms with E-state index in [2.05, 4.69) is 4.98 Å². The van der Waals surface area contributed by atoms with Crippen LogP contribution in [0.3, 0.4) is 0 Å². The molecule has 0 spiro atoms. The molecule has 1 N–H and O–H groups in total. The summed E-state index contributed by atoms with van der Waals surface area (Å²) in [4.78, 5) is 41.2. The minimum atomic E-state index is -0.979. The van der Waals surface area contributed by atoms with Crippen molar-refractivity contribution in [2.45, 2.75) is 39.8 Å². The number of carboxylic acids is 1. The van der Waals surface area contributed by atoms with Gasteiger partial charge in [0.15, 0.2) is 11.2 Å². The molecule has 0 saturated carbocycles. The maximum absolute atomic E-state index is 12.9. The van der Waals surface area contributed by atoms with Gasteiger partial charge in [0.1, 0.15) is 5.82 Å². The molecule has 0 bridgehead atoms. The van der Waals surface area contributed by atoms with Crippen LogP contribution in [0.5, 0.6) is 0 Å². The van der Waals surface area contributed by atoms with E-state index >= 15 is 0 Å². The third-order valence-electron chi connectivity index (χ3n) is 4.75. The Morgan fingerprint density at radius 3 is 2.24 bits per heavy atom. The van der Waals surface area contributed by atoms with E-state index in [1.807, 2.05) is 13.8 Å². The van der Waals surface area contributed by atoms with Crippen LogP contribution < -0.4 is 11.2 Å². The van der Waals surface area contributed by atoms with Gasteiger partial charge in [-0.15, -0.1) is 0 Å². The standard InChI is InChI=1S/C21H24N4O4/c1-4-12-24-18-17(19(26)25(13-5-2)21(24)29)23(3)16(22-18)11-8-14-6-9-15(10-7-14)20(27)28/h6-11H,4-5,12-13H2,1-3H3,(H,27,28)/b11-8-. The van der Waals surface area contributed by atoms with Gasteiger partial charge in [0, 0.05) is 20.1 Å². The molecule has 0 aliphatic carbocycles. The van der Waals surface area contributed by atoms with Crippen molar-refractivity contribution in [3.8, 4) is 0 Å². The smallest absolute Gasteiger partial charge is 0.335 e. The van der Waals surface area contributed by atoms with Gasteiger partial charge >= 0.3 is 11.7 Å². The fourth-order valence-corrected chi connectivity index (χ4v) is 3.28. The van der Waals surface area contributed by atoms with Crippen molar-refractivity contribution in [3.05, 3.63) is 62.1 Å². The summed E-state index contributed by atoms with van der Waals surface area (Å²) in [5.41, 5.74) is 1.13. The van der Waals surface area contributed by atoms with Gasteiger partial charge in [-0.25, -0.2) is 14.6 Å². The summed E-state index contributed by atoms with van der Waals surface area (Å²) in [5.74, 6) is -0.439. The molecular weight excluding hydrogens is 372 g/mol. The molecule has 0 radical (unpaired) electrons. The molecule has 152 valence electrons. The number of aryl methyl sites for hydroxylation is 2. The highest BCUT2D eigenvalue weighted by atomic mass is 16.4. The predicted molar refractivity (Wildman–Crippen MR) is 112 cm³/mol. The maximum atomic E-state index is 12.9.